The summed E-state index contributed by atoms with van der Waals surface area (Å²) >= 11 is 0. The Morgan fingerprint density at radius 1 is 0.327 bits per heavy atom. The van der Waals surface area contributed by atoms with Gasteiger partial charge >= 0.3 is 0 Å². The molecule has 1 aromatic carbocycles. The van der Waals surface area contributed by atoms with Gasteiger partial charge in [0, 0.05) is 12.3 Å². The number of nitrogens with two attached hydrogens (primary N) is 1. The summed E-state index contributed by atoms with van der Waals surface area (Å²) in [6, 6.07) is 7.27. The second-order valence-corrected chi connectivity index (χ2v) is 10.5. The molecule has 1 rings (SSSR count). The monoisotopic (exact) mass is 707 g/mol. The summed E-state index contributed by atoms with van der Waals surface area (Å²) in [6.07, 6.45) is 3.54. The number of hydrogen-bond acceptors (Lipinski definition) is 14. The van der Waals surface area contributed by atoms with Crippen LogP contribution in [0.4, 0.5) is 5.69 Å². The van der Waals surface area contributed by atoms with E-state index in [2.05, 4.69) is 6.92 Å². The number of benzene rings is 1. The first-order chi connectivity index (χ1) is 24.3. The molecule has 14 heteroatoms. The van der Waals surface area contributed by atoms with Crippen LogP contribution in [0.5, 0.6) is 5.75 Å². The van der Waals surface area contributed by atoms with Gasteiger partial charge in [0.2, 0.25) is 0 Å². The van der Waals surface area contributed by atoms with Gasteiger partial charge in [-0.15, -0.1) is 0 Å². The summed E-state index contributed by atoms with van der Waals surface area (Å²) in [5, 5.41) is 0. The van der Waals surface area contributed by atoms with Gasteiger partial charge in [0.05, 0.1) is 152 Å². The molecule has 0 saturated carbocycles. The Bertz CT molecular complexity index is 764. The Labute approximate surface area is 294 Å². The van der Waals surface area contributed by atoms with Crippen molar-refractivity contribution in [3.63, 3.8) is 0 Å². The van der Waals surface area contributed by atoms with E-state index >= 15 is 0 Å². The van der Waals surface area contributed by atoms with E-state index in [1.807, 2.05) is 12.1 Å². The number of anilines is 1. The van der Waals surface area contributed by atoms with Crippen LogP contribution >= 0.6 is 0 Å². The predicted molar refractivity (Wildman–Crippen MR) is 186 cm³/mol. The Morgan fingerprint density at radius 2 is 0.571 bits per heavy atom. The lowest BCUT2D eigenvalue weighted by molar-refractivity contribution is -0.0285. The van der Waals surface area contributed by atoms with Crippen LogP contribution in [0.2, 0.25) is 0 Å². The van der Waals surface area contributed by atoms with Crippen molar-refractivity contribution < 1.29 is 61.6 Å². The minimum absolute atomic E-state index is 0.475. The first kappa shape index (κ1) is 45.4. The molecule has 0 amide bonds. The van der Waals surface area contributed by atoms with Crippen molar-refractivity contribution >= 4 is 5.69 Å². The zero-order valence-corrected chi connectivity index (χ0v) is 30.0. The van der Waals surface area contributed by atoms with Crippen LogP contribution in [0.15, 0.2) is 24.3 Å². The average molecular weight is 708 g/mol. The molecular weight excluding hydrogens is 642 g/mol. The maximum Gasteiger partial charge on any atom is 0.119 e. The standard InChI is InChI=1S/C35H65NO13/c1-2-3-4-9-37-10-11-38-12-13-39-14-15-40-16-17-41-18-19-42-20-21-43-22-23-44-24-25-45-26-27-46-28-29-47-30-31-48-32-33-49-35-7-5-34(36)6-8-35/h5-8H,2-4,9-33,36H2,1H3. The summed E-state index contributed by atoms with van der Waals surface area (Å²) in [7, 11) is 0. The normalized spacial score (nSPS) is 11.4. The molecular formula is C35H65NO13. The number of hydrogen-bond donors (Lipinski definition) is 1. The zero-order valence-electron chi connectivity index (χ0n) is 30.0. The van der Waals surface area contributed by atoms with E-state index in [-0.39, 0.29) is 0 Å². The second kappa shape index (κ2) is 39.1. The second-order valence-electron chi connectivity index (χ2n) is 10.5. The van der Waals surface area contributed by atoms with Crippen molar-refractivity contribution in [3.05, 3.63) is 24.3 Å². The highest BCUT2D eigenvalue weighted by atomic mass is 16.6. The molecule has 0 aliphatic heterocycles. The van der Waals surface area contributed by atoms with E-state index in [1.54, 1.807) is 12.1 Å². The maximum atomic E-state index is 5.64. The van der Waals surface area contributed by atoms with Crippen LogP contribution < -0.4 is 10.5 Å². The molecule has 14 nitrogen and oxygen atoms in total. The highest BCUT2D eigenvalue weighted by Crippen LogP contribution is 2.12. The molecule has 0 atom stereocenters. The van der Waals surface area contributed by atoms with Crippen LogP contribution in [0.25, 0.3) is 0 Å². The molecule has 0 bridgehead atoms. The van der Waals surface area contributed by atoms with Gasteiger partial charge in [0.25, 0.3) is 0 Å². The maximum absolute atomic E-state index is 5.64. The van der Waals surface area contributed by atoms with Crippen LogP contribution in [0, 0.1) is 0 Å². The lowest BCUT2D eigenvalue weighted by Crippen LogP contribution is -2.15. The largest absolute Gasteiger partial charge is 0.491 e. The Morgan fingerprint density at radius 3 is 0.837 bits per heavy atom. The molecule has 0 spiro atoms. The molecule has 49 heavy (non-hydrogen) atoms. The van der Waals surface area contributed by atoms with Gasteiger partial charge in [-0.1, -0.05) is 19.8 Å². The molecule has 0 unspecified atom stereocenters. The lowest BCUT2D eigenvalue weighted by Gasteiger charge is -2.09. The third kappa shape index (κ3) is 36.0. The number of unbranched alkanes of at least 4 members (excludes halogenated alkanes) is 2. The molecule has 0 heterocycles. The number of ether oxygens (including phenoxy) is 13. The van der Waals surface area contributed by atoms with Gasteiger partial charge in [-0.3, -0.25) is 0 Å². The van der Waals surface area contributed by atoms with E-state index in [0.29, 0.717) is 164 Å². The van der Waals surface area contributed by atoms with Gasteiger partial charge in [0.1, 0.15) is 12.4 Å². The molecule has 0 aliphatic carbocycles. The van der Waals surface area contributed by atoms with Gasteiger partial charge < -0.3 is 67.3 Å². The van der Waals surface area contributed by atoms with Crippen molar-refractivity contribution in [2.75, 3.05) is 171 Å². The molecule has 0 aliphatic rings. The van der Waals surface area contributed by atoms with E-state index in [9.17, 15) is 0 Å². The number of nitrogen functional groups attached to an aromatic ring is 1. The van der Waals surface area contributed by atoms with Gasteiger partial charge in [-0.25, -0.2) is 0 Å². The minimum atomic E-state index is 0.475. The molecule has 0 fully saturated rings. The minimum Gasteiger partial charge on any atom is -0.491 e. The number of rotatable bonds is 41. The van der Waals surface area contributed by atoms with E-state index in [4.69, 9.17) is 67.3 Å². The summed E-state index contributed by atoms with van der Waals surface area (Å²) < 4.78 is 71.3. The van der Waals surface area contributed by atoms with Crippen LogP contribution in [0.1, 0.15) is 26.2 Å². The molecule has 288 valence electrons. The van der Waals surface area contributed by atoms with Crippen molar-refractivity contribution in [1.29, 1.82) is 0 Å². The van der Waals surface area contributed by atoms with Crippen molar-refractivity contribution in [2.45, 2.75) is 26.2 Å². The molecule has 0 saturated heterocycles. The van der Waals surface area contributed by atoms with E-state index in [1.165, 1.54) is 12.8 Å². The fourth-order valence-electron chi connectivity index (χ4n) is 3.76. The molecule has 0 aromatic heterocycles. The Hall–Kier alpha value is -1.66. The fourth-order valence-corrected chi connectivity index (χ4v) is 3.76. The topological polar surface area (TPSA) is 146 Å². The van der Waals surface area contributed by atoms with Gasteiger partial charge in [-0.05, 0) is 30.7 Å². The predicted octanol–water partition coefficient (Wildman–Crippen LogP) is 3.04. The SMILES string of the molecule is CCCCCOCCOCCOCCOCCOCCOCCOCCOCCOCCOCCOCCOCCOc1ccc(N)cc1. The molecule has 0 radical (unpaired) electrons. The van der Waals surface area contributed by atoms with Gasteiger partial charge in [0.15, 0.2) is 0 Å². The smallest absolute Gasteiger partial charge is 0.119 e. The zero-order chi connectivity index (χ0) is 35.0. The first-order valence-corrected chi connectivity index (χ1v) is 17.7. The van der Waals surface area contributed by atoms with E-state index < -0.39 is 0 Å². The summed E-state index contributed by atoms with van der Waals surface area (Å²) in [5.41, 5.74) is 6.35. The fraction of sp³-hybridized carbons (Fsp3) is 0.829. The third-order valence-electron chi connectivity index (χ3n) is 6.36. The van der Waals surface area contributed by atoms with E-state index in [0.717, 1.165) is 18.8 Å². The Kier molecular flexibility index (Phi) is 36.2. The summed E-state index contributed by atoms with van der Waals surface area (Å²) in [4.78, 5) is 0. The summed E-state index contributed by atoms with van der Waals surface area (Å²) in [6.45, 7) is 15.6. The molecule has 1 aromatic rings. The molecule has 2 N–H and O–H groups in total. The highest BCUT2D eigenvalue weighted by molar-refractivity contribution is 5.41. The summed E-state index contributed by atoms with van der Waals surface area (Å²) in [5.74, 6) is 0.772. The lowest BCUT2D eigenvalue weighted by atomic mass is 10.3. The van der Waals surface area contributed by atoms with Crippen molar-refractivity contribution in [2.24, 2.45) is 0 Å². The quantitative estimate of drug-likeness (QED) is 0.0786. The van der Waals surface area contributed by atoms with Crippen LogP contribution in [-0.2, 0) is 56.8 Å². The van der Waals surface area contributed by atoms with Gasteiger partial charge in [-0.2, -0.15) is 0 Å². The van der Waals surface area contributed by atoms with Crippen molar-refractivity contribution in [1.82, 2.24) is 0 Å². The van der Waals surface area contributed by atoms with Crippen LogP contribution in [-0.4, -0.2) is 165 Å². The van der Waals surface area contributed by atoms with Crippen molar-refractivity contribution in [3.8, 4) is 5.75 Å². The first-order valence-electron chi connectivity index (χ1n) is 17.7. The average Bonchev–Trinajstić information content (AvgIpc) is 3.11. The third-order valence-corrected chi connectivity index (χ3v) is 6.36. The Balaban J connectivity index is 1.61. The van der Waals surface area contributed by atoms with Crippen LogP contribution in [0.3, 0.4) is 0 Å². The highest BCUT2D eigenvalue weighted by Gasteiger charge is 1.98.